The first kappa shape index (κ1) is 27.6. The quantitative estimate of drug-likeness (QED) is 0.194. The molecule has 0 saturated heterocycles. The van der Waals surface area contributed by atoms with E-state index < -0.39 is 0 Å². The molecule has 3 nitrogen and oxygen atoms in total. The molecule has 10 rings (SSSR count). The van der Waals surface area contributed by atoms with Crippen LogP contribution in [0.1, 0.15) is 17.3 Å². The monoisotopic (exact) mass is 625 g/mol. The number of fused-ring (bicyclic) bond motifs is 10. The summed E-state index contributed by atoms with van der Waals surface area (Å²) < 4.78 is 2.47. The van der Waals surface area contributed by atoms with Gasteiger partial charge in [0.1, 0.15) is 12.0 Å². The molecular weight excluding hydrogens is 595 g/mol. The van der Waals surface area contributed by atoms with E-state index in [1.54, 1.807) is 0 Å². The molecule has 1 aliphatic rings. The van der Waals surface area contributed by atoms with E-state index in [0.717, 1.165) is 28.2 Å². The second-order valence-electron chi connectivity index (χ2n) is 12.8. The van der Waals surface area contributed by atoms with Gasteiger partial charge in [0.25, 0.3) is 0 Å². The largest absolute Gasteiger partial charge is 0.340 e. The van der Waals surface area contributed by atoms with Gasteiger partial charge in [-0.1, -0.05) is 158 Å². The summed E-state index contributed by atoms with van der Waals surface area (Å²) in [4.78, 5) is 5.55. The third-order valence-electron chi connectivity index (χ3n) is 9.98. The third-order valence-corrected chi connectivity index (χ3v) is 9.98. The van der Waals surface area contributed by atoms with Crippen molar-refractivity contribution >= 4 is 65.7 Å². The number of aromatic nitrogens is 1. The molecule has 0 bridgehead atoms. The van der Waals surface area contributed by atoms with Gasteiger partial charge in [-0.25, -0.2) is 4.99 Å². The predicted octanol–water partition coefficient (Wildman–Crippen LogP) is 11.5. The van der Waals surface area contributed by atoms with Gasteiger partial charge in [-0.05, 0) is 56.4 Å². The van der Waals surface area contributed by atoms with Crippen molar-refractivity contribution in [2.75, 3.05) is 0 Å². The number of aliphatic imine (C=N–C) groups is 1. The standard InChI is InChI=1S/C46H31N3/c1-3-14-30(15-4-1)33-19-13-20-34(28-33)46-47-40(32-17-5-2-6-18-32)29-42(48-46)49-41-25-12-11-24-39(41)44-43-35-21-8-7-16-31(35)26-27-37(43)36-22-9-10-23-38(36)45(44)49/h1-29,42H,(H,47,48). The molecule has 0 aliphatic carbocycles. The van der Waals surface area contributed by atoms with Crippen molar-refractivity contribution in [3.05, 3.63) is 187 Å². The van der Waals surface area contributed by atoms with Crippen molar-refractivity contribution in [3.8, 4) is 11.1 Å². The molecule has 1 aromatic heterocycles. The summed E-state index contributed by atoms with van der Waals surface area (Å²) in [6.07, 6.45) is 1.98. The number of hydrogen-bond acceptors (Lipinski definition) is 2. The summed E-state index contributed by atoms with van der Waals surface area (Å²) in [6, 6.07) is 60.9. The summed E-state index contributed by atoms with van der Waals surface area (Å²) in [5.41, 5.74) is 7.94. The van der Waals surface area contributed by atoms with Gasteiger partial charge >= 0.3 is 0 Å². The van der Waals surface area contributed by atoms with Crippen molar-refractivity contribution < 1.29 is 0 Å². The van der Waals surface area contributed by atoms with Gasteiger partial charge in [0.05, 0.1) is 11.0 Å². The van der Waals surface area contributed by atoms with Gasteiger partial charge in [0.15, 0.2) is 0 Å². The Hall–Kier alpha value is -6.45. The number of nitrogens with one attached hydrogen (secondary N) is 1. The van der Waals surface area contributed by atoms with E-state index in [4.69, 9.17) is 4.99 Å². The Morgan fingerprint density at radius 1 is 0.449 bits per heavy atom. The first-order valence-electron chi connectivity index (χ1n) is 16.8. The molecule has 8 aromatic carbocycles. The predicted molar refractivity (Wildman–Crippen MR) is 207 cm³/mol. The van der Waals surface area contributed by atoms with E-state index in [1.807, 2.05) is 0 Å². The molecule has 1 unspecified atom stereocenters. The van der Waals surface area contributed by atoms with Gasteiger partial charge in [0.2, 0.25) is 0 Å². The van der Waals surface area contributed by atoms with E-state index in [-0.39, 0.29) is 6.17 Å². The number of benzene rings is 8. The zero-order chi connectivity index (χ0) is 32.3. The van der Waals surface area contributed by atoms with E-state index in [0.29, 0.717) is 0 Å². The van der Waals surface area contributed by atoms with E-state index >= 15 is 0 Å². The lowest BCUT2D eigenvalue weighted by molar-refractivity contribution is 0.669. The summed E-state index contributed by atoms with van der Waals surface area (Å²) in [6.45, 7) is 0. The molecular formula is C46H31N3. The van der Waals surface area contributed by atoms with Gasteiger partial charge in [-0.15, -0.1) is 0 Å². The maximum absolute atomic E-state index is 5.55. The van der Waals surface area contributed by atoms with Crippen molar-refractivity contribution in [1.29, 1.82) is 0 Å². The van der Waals surface area contributed by atoms with Crippen LogP contribution in [-0.2, 0) is 0 Å². The van der Waals surface area contributed by atoms with Crippen molar-refractivity contribution in [2.24, 2.45) is 4.99 Å². The van der Waals surface area contributed by atoms with Crippen LogP contribution in [0, 0.1) is 0 Å². The van der Waals surface area contributed by atoms with Crippen LogP contribution in [-0.4, -0.2) is 10.4 Å². The lowest BCUT2D eigenvalue weighted by Gasteiger charge is -2.25. The Labute approximate surface area is 284 Å². The lowest BCUT2D eigenvalue weighted by atomic mass is 9.93. The maximum Gasteiger partial charge on any atom is 0.149 e. The summed E-state index contributed by atoms with van der Waals surface area (Å²) >= 11 is 0. The van der Waals surface area contributed by atoms with Crippen LogP contribution in [0.25, 0.3) is 70.9 Å². The van der Waals surface area contributed by atoms with Crippen LogP contribution < -0.4 is 5.32 Å². The molecule has 3 heteroatoms. The highest BCUT2D eigenvalue weighted by atomic mass is 15.2. The van der Waals surface area contributed by atoms with Crippen LogP contribution in [0.2, 0.25) is 0 Å². The first-order chi connectivity index (χ1) is 24.3. The molecule has 49 heavy (non-hydrogen) atoms. The van der Waals surface area contributed by atoms with Crippen LogP contribution in [0.3, 0.4) is 0 Å². The maximum atomic E-state index is 5.55. The molecule has 9 aromatic rings. The van der Waals surface area contributed by atoms with Gasteiger partial charge in [0, 0.05) is 32.8 Å². The Bertz CT molecular complexity index is 2790. The van der Waals surface area contributed by atoms with Gasteiger partial charge in [-0.2, -0.15) is 0 Å². The Morgan fingerprint density at radius 2 is 1.08 bits per heavy atom. The molecule has 0 fully saturated rings. The molecule has 230 valence electrons. The zero-order valence-corrected chi connectivity index (χ0v) is 26.7. The summed E-state index contributed by atoms with van der Waals surface area (Å²) in [7, 11) is 0. The molecule has 0 saturated carbocycles. The molecule has 0 spiro atoms. The number of nitrogens with zero attached hydrogens (tertiary/aromatic N) is 2. The normalized spacial score (nSPS) is 14.7. The lowest BCUT2D eigenvalue weighted by Crippen LogP contribution is -2.29. The molecule has 0 amide bonds. The highest BCUT2D eigenvalue weighted by molar-refractivity contribution is 6.36. The summed E-state index contributed by atoms with van der Waals surface area (Å²) in [5.74, 6) is 0.852. The molecule has 0 radical (unpaired) electrons. The number of amidine groups is 1. The topological polar surface area (TPSA) is 29.3 Å². The minimum Gasteiger partial charge on any atom is -0.340 e. The highest BCUT2D eigenvalue weighted by Crippen LogP contribution is 2.45. The fourth-order valence-corrected chi connectivity index (χ4v) is 7.81. The Morgan fingerprint density at radius 3 is 1.90 bits per heavy atom. The van der Waals surface area contributed by atoms with E-state index in [2.05, 4.69) is 186 Å². The molecule has 1 aliphatic heterocycles. The fraction of sp³-hybridized carbons (Fsp3) is 0.0217. The van der Waals surface area contributed by atoms with Crippen molar-refractivity contribution in [1.82, 2.24) is 9.88 Å². The van der Waals surface area contributed by atoms with Crippen molar-refractivity contribution in [2.45, 2.75) is 6.17 Å². The van der Waals surface area contributed by atoms with E-state index in [9.17, 15) is 0 Å². The highest BCUT2D eigenvalue weighted by Gasteiger charge is 2.26. The minimum absolute atomic E-state index is 0.301. The Kier molecular flexibility index (Phi) is 6.25. The SMILES string of the molecule is C1=C(c2ccccc2)NC(c2cccc(-c3ccccc3)c2)=NC1n1c2ccccc2c2c3c4ccccc4ccc3c3ccccc3c21. The second kappa shape index (κ2) is 11.1. The number of hydrogen-bond donors (Lipinski definition) is 1. The van der Waals surface area contributed by atoms with Crippen LogP contribution >= 0.6 is 0 Å². The first-order valence-corrected chi connectivity index (χ1v) is 16.8. The van der Waals surface area contributed by atoms with Gasteiger partial charge in [-0.3, -0.25) is 0 Å². The van der Waals surface area contributed by atoms with Crippen LogP contribution in [0.5, 0.6) is 0 Å². The number of para-hydroxylation sites is 1. The smallest absolute Gasteiger partial charge is 0.149 e. The van der Waals surface area contributed by atoms with E-state index in [1.165, 1.54) is 59.7 Å². The van der Waals surface area contributed by atoms with Crippen LogP contribution in [0.4, 0.5) is 0 Å². The zero-order valence-electron chi connectivity index (χ0n) is 26.7. The van der Waals surface area contributed by atoms with Crippen LogP contribution in [0.15, 0.2) is 181 Å². The van der Waals surface area contributed by atoms with Gasteiger partial charge < -0.3 is 9.88 Å². The minimum atomic E-state index is -0.301. The second-order valence-corrected chi connectivity index (χ2v) is 12.8. The van der Waals surface area contributed by atoms with Crippen molar-refractivity contribution in [3.63, 3.8) is 0 Å². The molecule has 1 atom stereocenters. The summed E-state index contributed by atoms with van der Waals surface area (Å²) in [5, 5.41) is 13.8. The molecule has 2 heterocycles. The third kappa shape index (κ3) is 4.40. The molecule has 1 N–H and O–H groups in total. The Balaban J connectivity index is 1.31. The average molecular weight is 626 g/mol. The average Bonchev–Trinajstić information content (AvgIpc) is 3.54. The fourth-order valence-electron chi connectivity index (χ4n) is 7.81. The number of rotatable bonds is 4.